The number of halogens is 1. The van der Waals surface area contributed by atoms with Gasteiger partial charge in [-0.05, 0) is 53.9 Å². The van der Waals surface area contributed by atoms with Gasteiger partial charge >= 0.3 is 0 Å². The smallest absolute Gasteiger partial charge is 0.130 e. The van der Waals surface area contributed by atoms with E-state index in [1.807, 2.05) is 78.9 Å². The number of ether oxygens (including phenoxy) is 1. The summed E-state index contributed by atoms with van der Waals surface area (Å²) in [5.74, 6) is 0.794. The van der Waals surface area contributed by atoms with Gasteiger partial charge in [0.2, 0.25) is 0 Å². The zero-order valence-electron chi connectivity index (χ0n) is 17.9. The summed E-state index contributed by atoms with van der Waals surface area (Å²) in [4.78, 5) is 4.66. The SMILES string of the molecule is N=C/C=N/N=C\C(Cc1ccc(Cl)cc1)c1ccc(OCc2ccc3ccccc3n2)cc1. The number of para-hydroxylation sites is 1. The van der Waals surface area contributed by atoms with Gasteiger partial charge < -0.3 is 10.1 Å². The average molecular weight is 455 g/mol. The van der Waals surface area contributed by atoms with Crippen molar-refractivity contribution in [2.45, 2.75) is 18.9 Å². The highest BCUT2D eigenvalue weighted by Gasteiger charge is 2.11. The molecule has 6 heteroatoms. The van der Waals surface area contributed by atoms with Gasteiger partial charge in [-0.15, -0.1) is 0 Å². The predicted molar refractivity (Wildman–Crippen MR) is 136 cm³/mol. The van der Waals surface area contributed by atoms with Gasteiger partial charge in [0.1, 0.15) is 12.4 Å². The first-order valence-electron chi connectivity index (χ1n) is 10.6. The second-order valence-corrected chi connectivity index (χ2v) is 7.92. The van der Waals surface area contributed by atoms with Crippen molar-refractivity contribution in [1.82, 2.24) is 4.98 Å². The van der Waals surface area contributed by atoms with Crippen LogP contribution in [0.1, 0.15) is 22.7 Å². The summed E-state index contributed by atoms with van der Waals surface area (Å²) >= 11 is 6.02. The zero-order valence-corrected chi connectivity index (χ0v) is 18.7. The third-order valence-electron chi connectivity index (χ3n) is 5.17. The maximum absolute atomic E-state index is 7.04. The van der Waals surface area contributed by atoms with Gasteiger partial charge in [0.15, 0.2) is 0 Å². The number of aromatic nitrogens is 1. The van der Waals surface area contributed by atoms with Crippen LogP contribution < -0.4 is 4.74 Å². The van der Waals surface area contributed by atoms with Gasteiger partial charge in [-0.1, -0.05) is 60.1 Å². The van der Waals surface area contributed by atoms with Crippen LogP contribution in [0.5, 0.6) is 5.75 Å². The number of fused-ring (bicyclic) bond motifs is 1. The first-order valence-corrected chi connectivity index (χ1v) is 11.0. The Bertz CT molecular complexity index is 1270. The molecule has 0 radical (unpaired) electrons. The molecule has 0 aliphatic carbocycles. The van der Waals surface area contributed by atoms with Crippen LogP contribution in [0.3, 0.4) is 0 Å². The standard InChI is InChI=1S/C27H23ClN4O/c28-24-10-5-20(6-11-24)17-23(18-31-30-16-15-29)21-8-13-26(14-9-21)33-19-25-12-7-22-3-1-2-4-27(22)32-25/h1-16,18,23,29H,17,19H2/b29-15?,30-16+,31-18-. The Morgan fingerprint density at radius 1 is 0.909 bits per heavy atom. The van der Waals surface area contributed by atoms with E-state index in [1.165, 1.54) is 6.21 Å². The van der Waals surface area contributed by atoms with Crippen molar-refractivity contribution in [3.63, 3.8) is 0 Å². The van der Waals surface area contributed by atoms with Crippen LogP contribution in [0.15, 0.2) is 95.1 Å². The number of hydrogen-bond donors (Lipinski definition) is 1. The highest BCUT2D eigenvalue weighted by molar-refractivity contribution is 6.30. The van der Waals surface area contributed by atoms with Crippen LogP contribution in [-0.4, -0.2) is 23.6 Å². The molecule has 1 atom stereocenters. The molecular formula is C27H23ClN4O. The molecule has 0 aliphatic heterocycles. The minimum atomic E-state index is 0.0188. The van der Waals surface area contributed by atoms with Crippen LogP contribution in [0.2, 0.25) is 5.02 Å². The molecule has 0 bridgehead atoms. The fraction of sp³-hybridized carbons (Fsp3) is 0.111. The molecule has 0 saturated heterocycles. The molecule has 5 nitrogen and oxygen atoms in total. The van der Waals surface area contributed by atoms with E-state index in [9.17, 15) is 0 Å². The van der Waals surface area contributed by atoms with E-state index in [1.54, 1.807) is 6.21 Å². The van der Waals surface area contributed by atoms with Crippen LogP contribution in [0.4, 0.5) is 0 Å². The van der Waals surface area contributed by atoms with E-state index >= 15 is 0 Å². The quantitative estimate of drug-likeness (QED) is 0.231. The molecule has 1 unspecified atom stereocenters. The Morgan fingerprint density at radius 2 is 1.70 bits per heavy atom. The monoisotopic (exact) mass is 454 g/mol. The minimum absolute atomic E-state index is 0.0188. The fourth-order valence-electron chi connectivity index (χ4n) is 3.48. The zero-order chi connectivity index (χ0) is 22.9. The second kappa shape index (κ2) is 11.2. The third kappa shape index (κ3) is 6.34. The highest BCUT2D eigenvalue weighted by atomic mass is 35.5. The first kappa shape index (κ1) is 22.4. The van der Waals surface area contributed by atoms with Crippen molar-refractivity contribution in [2.75, 3.05) is 0 Å². The lowest BCUT2D eigenvalue weighted by Crippen LogP contribution is -2.05. The molecule has 0 fully saturated rings. The lowest BCUT2D eigenvalue weighted by molar-refractivity contribution is 0.301. The van der Waals surface area contributed by atoms with Gasteiger partial charge in [0, 0.05) is 28.8 Å². The molecule has 3 aromatic carbocycles. The summed E-state index contributed by atoms with van der Waals surface area (Å²) < 4.78 is 5.96. The van der Waals surface area contributed by atoms with Crippen LogP contribution in [0.25, 0.3) is 10.9 Å². The van der Waals surface area contributed by atoms with E-state index in [0.29, 0.717) is 11.6 Å². The molecule has 1 N–H and O–H groups in total. The molecule has 0 aliphatic rings. The molecule has 0 amide bonds. The topological polar surface area (TPSA) is 70.7 Å². The summed E-state index contributed by atoms with van der Waals surface area (Å²) in [6.45, 7) is 0.401. The molecule has 4 aromatic rings. The fourth-order valence-corrected chi connectivity index (χ4v) is 3.60. The van der Waals surface area contributed by atoms with E-state index in [4.69, 9.17) is 21.7 Å². The van der Waals surface area contributed by atoms with Crippen LogP contribution in [0, 0.1) is 5.41 Å². The maximum Gasteiger partial charge on any atom is 0.130 e. The average Bonchev–Trinajstić information content (AvgIpc) is 2.86. The van der Waals surface area contributed by atoms with Crippen molar-refractivity contribution in [3.8, 4) is 5.75 Å². The number of pyridine rings is 1. The summed E-state index contributed by atoms with van der Waals surface area (Å²) in [5.41, 5.74) is 4.09. The molecule has 0 saturated carbocycles. The van der Waals surface area contributed by atoms with Crippen molar-refractivity contribution in [3.05, 3.63) is 107 Å². The Hall–Kier alpha value is -3.83. The van der Waals surface area contributed by atoms with Gasteiger partial charge in [0.05, 0.1) is 17.4 Å². The van der Waals surface area contributed by atoms with Gasteiger partial charge in [-0.25, -0.2) is 4.98 Å². The van der Waals surface area contributed by atoms with E-state index in [0.717, 1.165) is 46.1 Å². The third-order valence-corrected chi connectivity index (χ3v) is 5.43. The normalized spacial score (nSPS) is 12.4. The predicted octanol–water partition coefficient (Wildman–Crippen LogP) is 6.50. The lowest BCUT2D eigenvalue weighted by Gasteiger charge is -2.14. The number of nitrogens with one attached hydrogen (secondary N) is 1. The number of benzene rings is 3. The Balaban J connectivity index is 1.46. The molecule has 33 heavy (non-hydrogen) atoms. The van der Waals surface area contributed by atoms with E-state index in [-0.39, 0.29) is 5.92 Å². The summed E-state index contributed by atoms with van der Waals surface area (Å²) in [6, 6.07) is 27.9. The minimum Gasteiger partial charge on any atom is -0.487 e. The lowest BCUT2D eigenvalue weighted by atomic mass is 9.93. The molecule has 4 rings (SSSR count). The molecule has 164 valence electrons. The molecule has 0 spiro atoms. The highest BCUT2D eigenvalue weighted by Crippen LogP contribution is 2.24. The van der Waals surface area contributed by atoms with Crippen LogP contribution in [-0.2, 0) is 13.0 Å². The maximum atomic E-state index is 7.04. The Kier molecular flexibility index (Phi) is 7.56. The summed E-state index contributed by atoms with van der Waals surface area (Å²) in [6.07, 6.45) is 4.99. The van der Waals surface area contributed by atoms with E-state index in [2.05, 4.69) is 21.3 Å². The number of rotatable bonds is 9. The van der Waals surface area contributed by atoms with Gasteiger partial charge in [0.25, 0.3) is 0 Å². The van der Waals surface area contributed by atoms with Gasteiger partial charge in [-0.3, -0.25) is 0 Å². The number of hydrogen-bond acceptors (Lipinski definition) is 5. The second-order valence-electron chi connectivity index (χ2n) is 7.49. The Morgan fingerprint density at radius 3 is 2.48 bits per heavy atom. The first-order chi connectivity index (χ1) is 16.2. The molecule has 1 heterocycles. The van der Waals surface area contributed by atoms with Crippen molar-refractivity contribution in [1.29, 1.82) is 5.41 Å². The molecule has 1 aromatic heterocycles. The van der Waals surface area contributed by atoms with Gasteiger partial charge in [-0.2, -0.15) is 10.2 Å². The van der Waals surface area contributed by atoms with Crippen LogP contribution >= 0.6 is 11.6 Å². The van der Waals surface area contributed by atoms with Crippen molar-refractivity contribution < 1.29 is 4.74 Å². The summed E-state index contributed by atoms with van der Waals surface area (Å²) in [5, 5.41) is 16.8. The molecular weight excluding hydrogens is 432 g/mol. The largest absolute Gasteiger partial charge is 0.487 e. The van der Waals surface area contributed by atoms with Crippen molar-refractivity contribution in [2.24, 2.45) is 10.2 Å². The summed E-state index contributed by atoms with van der Waals surface area (Å²) in [7, 11) is 0. The number of nitrogens with zero attached hydrogens (tertiary/aromatic N) is 3. The Labute approximate surface area is 197 Å². The van der Waals surface area contributed by atoms with Crippen molar-refractivity contribution >= 4 is 41.1 Å². The van der Waals surface area contributed by atoms with E-state index < -0.39 is 0 Å².